The smallest absolute Gasteiger partial charge is 0.227 e. The van der Waals surface area contributed by atoms with Gasteiger partial charge in [0.1, 0.15) is 11.6 Å². The second kappa shape index (κ2) is 7.24. The third kappa shape index (κ3) is 4.53. The lowest BCUT2D eigenvalue weighted by Gasteiger charge is -2.23. The predicted octanol–water partition coefficient (Wildman–Crippen LogP) is 3.46. The Labute approximate surface area is 134 Å². The second-order valence-electron chi connectivity index (χ2n) is 5.44. The maximum atomic E-state index is 13.3. The summed E-state index contributed by atoms with van der Waals surface area (Å²) in [5, 5.41) is 13.2. The van der Waals surface area contributed by atoms with Gasteiger partial charge in [0.15, 0.2) is 0 Å². The number of aliphatic hydroxyl groups is 1. The molecular weight excluding hydrogens is 297 g/mol. The Balaban J connectivity index is 2.11. The average Bonchev–Trinajstić information content (AvgIpc) is 2.51. The number of hydrogen-bond donors (Lipinski definition) is 2. The van der Waals surface area contributed by atoms with Gasteiger partial charge < -0.3 is 15.2 Å². The van der Waals surface area contributed by atoms with Gasteiger partial charge in [-0.2, -0.15) is 0 Å². The van der Waals surface area contributed by atoms with E-state index in [-0.39, 0.29) is 18.1 Å². The summed E-state index contributed by atoms with van der Waals surface area (Å²) in [5.41, 5.74) is -0.265. The molecule has 2 aromatic rings. The summed E-state index contributed by atoms with van der Waals surface area (Å²) in [6.07, 6.45) is -0.125. The molecule has 4 nitrogen and oxygen atoms in total. The number of anilines is 1. The van der Waals surface area contributed by atoms with Crippen LogP contribution >= 0.6 is 0 Å². The molecule has 1 atom stereocenters. The minimum Gasteiger partial charge on any atom is -0.492 e. The largest absolute Gasteiger partial charge is 0.492 e. The third-order valence-electron chi connectivity index (χ3n) is 3.42. The molecule has 0 saturated carbocycles. The van der Waals surface area contributed by atoms with Crippen LogP contribution in [0.25, 0.3) is 0 Å². The molecule has 2 aromatic carbocycles. The van der Waals surface area contributed by atoms with E-state index >= 15 is 0 Å². The van der Waals surface area contributed by atoms with Crippen molar-refractivity contribution in [2.75, 3.05) is 11.9 Å². The fraction of sp³-hybridized carbons (Fsp3) is 0.278. The van der Waals surface area contributed by atoms with Crippen molar-refractivity contribution in [3.05, 3.63) is 59.9 Å². The Hall–Kier alpha value is -2.40. The van der Waals surface area contributed by atoms with E-state index in [1.54, 1.807) is 38.1 Å². The van der Waals surface area contributed by atoms with Gasteiger partial charge >= 0.3 is 0 Å². The normalized spacial score (nSPS) is 13.2. The van der Waals surface area contributed by atoms with Gasteiger partial charge in [-0.25, -0.2) is 4.39 Å². The van der Waals surface area contributed by atoms with E-state index in [4.69, 9.17) is 4.74 Å². The topological polar surface area (TPSA) is 58.6 Å². The standard InChI is InChI=1S/C18H20FNO3/c1-3-23-16-11-14(19)9-10-15(16)20-17(21)12-18(2,22)13-7-5-4-6-8-13/h4-11,22H,3,12H2,1-2H3,(H,20,21). The summed E-state index contributed by atoms with van der Waals surface area (Å²) in [7, 11) is 0. The molecule has 2 rings (SSSR count). The highest BCUT2D eigenvalue weighted by Crippen LogP contribution is 2.28. The average molecular weight is 317 g/mol. The first-order chi connectivity index (χ1) is 10.9. The van der Waals surface area contributed by atoms with Crippen LogP contribution in [0.4, 0.5) is 10.1 Å². The third-order valence-corrected chi connectivity index (χ3v) is 3.42. The molecule has 2 N–H and O–H groups in total. The van der Waals surface area contributed by atoms with Gasteiger partial charge in [-0.3, -0.25) is 4.79 Å². The zero-order chi connectivity index (χ0) is 16.9. The molecule has 0 bridgehead atoms. The molecule has 0 radical (unpaired) electrons. The highest BCUT2D eigenvalue weighted by Gasteiger charge is 2.26. The summed E-state index contributed by atoms with van der Waals surface area (Å²) in [4.78, 5) is 12.2. The number of halogens is 1. The van der Waals surface area contributed by atoms with E-state index in [1.807, 2.05) is 6.07 Å². The molecule has 1 unspecified atom stereocenters. The van der Waals surface area contributed by atoms with Crippen molar-refractivity contribution in [3.8, 4) is 5.75 Å². The van der Waals surface area contributed by atoms with Gasteiger partial charge in [0.05, 0.1) is 24.3 Å². The second-order valence-corrected chi connectivity index (χ2v) is 5.44. The lowest BCUT2D eigenvalue weighted by molar-refractivity contribution is -0.120. The van der Waals surface area contributed by atoms with E-state index in [1.165, 1.54) is 18.2 Å². The monoisotopic (exact) mass is 317 g/mol. The van der Waals surface area contributed by atoms with E-state index in [2.05, 4.69) is 5.32 Å². The number of hydrogen-bond acceptors (Lipinski definition) is 3. The molecule has 122 valence electrons. The Bertz CT molecular complexity index is 671. The molecule has 0 saturated heterocycles. The fourth-order valence-electron chi connectivity index (χ4n) is 2.28. The summed E-state index contributed by atoms with van der Waals surface area (Å²) in [6, 6.07) is 12.9. The molecule has 0 spiro atoms. The van der Waals surface area contributed by atoms with Crippen LogP contribution in [0.5, 0.6) is 5.75 Å². The summed E-state index contributed by atoms with van der Waals surface area (Å²) in [6.45, 7) is 3.71. The van der Waals surface area contributed by atoms with Crippen LogP contribution in [0, 0.1) is 5.82 Å². The Morgan fingerprint density at radius 3 is 2.61 bits per heavy atom. The Morgan fingerprint density at radius 2 is 1.96 bits per heavy atom. The molecule has 0 heterocycles. The molecular formula is C18H20FNO3. The van der Waals surface area contributed by atoms with Gasteiger partial charge in [-0.05, 0) is 31.5 Å². The SMILES string of the molecule is CCOc1cc(F)ccc1NC(=O)CC(C)(O)c1ccccc1. The van der Waals surface area contributed by atoms with Crippen LogP contribution < -0.4 is 10.1 Å². The van der Waals surface area contributed by atoms with Gasteiger partial charge in [0, 0.05) is 6.07 Å². The molecule has 0 aliphatic rings. The van der Waals surface area contributed by atoms with Crippen molar-refractivity contribution in [1.29, 1.82) is 0 Å². The lowest BCUT2D eigenvalue weighted by Crippen LogP contribution is -2.28. The van der Waals surface area contributed by atoms with Crippen molar-refractivity contribution >= 4 is 11.6 Å². The van der Waals surface area contributed by atoms with Crippen molar-refractivity contribution in [3.63, 3.8) is 0 Å². The minimum absolute atomic E-state index is 0.125. The molecule has 23 heavy (non-hydrogen) atoms. The van der Waals surface area contributed by atoms with E-state index < -0.39 is 11.4 Å². The zero-order valence-corrected chi connectivity index (χ0v) is 13.2. The number of benzene rings is 2. The number of carbonyl (C=O) groups excluding carboxylic acids is 1. The van der Waals surface area contributed by atoms with Crippen LogP contribution in [0.15, 0.2) is 48.5 Å². The van der Waals surface area contributed by atoms with Crippen molar-refractivity contribution in [1.82, 2.24) is 0 Å². The Morgan fingerprint density at radius 1 is 1.26 bits per heavy atom. The molecule has 0 aliphatic heterocycles. The van der Waals surface area contributed by atoms with E-state index in [0.717, 1.165) is 0 Å². The van der Waals surface area contributed by atoms with Crippen LogP contribution in [-0.2, 0) is 10.4 Å². The number of rotatable bonds is 6. The summed E-state index contributed by atoms with van der Waals surface area (Å²) < 4.78 is 18.6. The van der Waals surface area contributed by atoms with Gasteiger partial charge in [0.25, 0.3) is 0 Å². The van der Waals surface area contributed by atoms with Crippen LogP contribution in [-0.4, -0.2) is 17.6 Å². The predicted molar refractivity (Wildman–Crippen MR) is 86.8 cm³/mol. The maximum absolute atomic E-state index is 13.3. The summed E-state index contributed by atoms with van der Waals surface area (Å²) in [5.74, 6) is -0.561. The van der Waals surface area contributed by atoms with Gasteiger partial charge in [0.2, 0.25) is 5.91 Å². The van der Waals surface area contributed by atoms with Gasteiger partial charge in [-0.1, -0.05) is 30.3 Å². The quantitative estimate of drug-likeness (QED) is 0.858. The Kier molecular flexibility index (Phi) is 5.34. The van der Waals surface area contributed by atoms with Gasteiger partial charge in [-0.15, -0.1) is 0 Å². The first-order valence-corrected chi connectivity index (χ1v) is 7.42. The highest BCUT2D eigenvalue weighted by molar-refractivity contribution is 5.93. The molecule has 5 heteroatoms. The fourth-order valence-corrected chi connectivity index (χ4v) is 2.28. The van der Waals surface area contributed by atoms with Crippen molar-refractivity contribution in [2.45, 2.75) is 25.9 Å². The van der Waals surface area contributed by atoms with Crippen molar-refractivity contribution in [2.24, 2.45) is 0 Å². The van der Waals surface area contributed by atoms with E-state index in [9.17, 15) is 14.3 Å². The van der Waals surface area contributed by atoms with Crippen LogP contribution in [0.1, 0.15) is 25.8 Å². The van der Waals surface area contributed by atoms with Crippen LogP contribution in [0.3, 0.4) is 0 Å². The summed E-state index contributed by atoms with van der Waals surface area (Å²) >= 11 is 0. The number of ether oxygens (including phenoxy) is 1. The first kappa shape index (κ1) is 17.0. The molecule has 0 aromatic heterocycles. The first-order valence-electron chi connectivity index (χ1n) is 7.42. The zero-order valence-electron chi connectivity index (χ0n) is 13.2. The van der Waals surface area contributed by atoms with Crippen LogP contribution in [0.2, 0.25) is 0 Å². The number of amides is 1. The maximum Gasteiger partial charge on any atom is 0.227 e. The lowest BCUT2D eigenvalue weighted by atomic mass is 9.92. The molecule has 0 fully saturated rings. The number of nitrogens with one attached hydrogen (secondary N) is 1. The minimum atomic E-state index is -1.29. The number of carbonyl (C=O) groups is 1. The highest BCUT2D eigenvalue weighted by atomic mass is 19.1. The molecule has 0 aliphatic carbocycles. The van der Waals surface area contributed by atoms with Crippen molar-refractivity contribution < 1.29 is 19.0 Å². The molecule has 1 amide bonds. The van der Waals surface area contributed by atoms with E-state index in [0.29, 0.717) is 17.9 Å².